The van der Waals surface area contributed by atoms with Crippen LogP contribution in [0.15, 0.2) is 170 Å². The third-order valence-electron chi connectivity index (χ3n) is 10.2. The van der Waals surface area contributed by atoms with Crippen molar-refractivity contribution < 1.29 is 28.6 Å². The van der Waals surface area contributed by atoms with E-state index in [9.17, 15) is 14.4 Å². The molecule has 0 spiro atoms. The van der Waals surface area contributed by atoms with E-state index >= 15 is 0 Å². The highest BCUT2D eigenvalue weighted by Gasteiger charge is 2.19. The van der Waals surface area contributed by atoms with E-state index in [2.05, 4.69) is 179 Å². The zero-order valence-corrected chi connectivity index (χ0v) is 43.5. The van der Waals surface area contributed by atoms with Crippen molar-refractivity contribution in [1.82, 2.24) is 0 Å². The number of hydrogen-bond acceptors (Lipinski definition) is 6. The van der Waals surface area contributed by atoms with Crippen molar-refractivity contribution >= 4 is 17.9 Å². The van der Waals surface area contributed by atoms with Crippen molar-refractivity contribution in [3.63, 3.8) is 0 Å². The molecule has 0 fully saturated rings. The van der Waals surface area contributed by atoms with E-state index in [0.29, 0.717) is 19.3 Å². The predicted octanol–water partition coefficient (Wildman–Crippen LogP) is 18.0. The fraction of sp³-hybridized carbons (Fsp3) is 0.508. The SMILES string of the molecule is CC/C=C\C/C=C\C/C=C\C/C=C\C/C=C\C/C=C\CCC(=O)OCC(COC(=O)CCCCCCC/C=C\C/C=C\C/C=C\CC)OC(=O)CCC/C=C\C/C=C\C/C=C\C/C=C\C/C=C\CC. The third-order valence-corrected chi connectivity index (χ3v) is 10.2. The molecule has 0 saturated carbocycles. The Bertz CT molecular complexity index is 1650. The zero-order chi connectivity index (χ0) is 50.0. The van der Waals surface area contributed by atoms with E-state index in [1.165, 1.54) is 0 Å². The Morgan fingerprint density at radius 3 is 0.942 bits per heavy atom. The van der Waals surface area contributed by atoms with Gasteiger partial charge in [-0.3, -0.25) is 14.4 Å². The highest BCUT2D eigenvalue weighted by atomic mass is 16.6. The summed E-state index contributed by atoms with van der Waals surface area (Å²) in [6.45, 7) is 6.14. The second kappa shape index (κ2) is 55.4. The van der Waals surface area contributed by atoms with Crippen LogP contribution in [0.2, 0.25) is 0 Å². The standard InChI is InChI=1S/C63H94O6/c1-4-7-10-13-16-19-22-25-28-30-31-33-35-38-41-44-47-50-53-56-62(65)68-59-60(58-67-61(64)55-52-49-46-43-40-37-34-27-24-21-18-15-12-9-6-3)69-63(66)57-54-51-48-45-42-39-36-32-29-26-23-20-17-14-11-8-5-2/h7-12,16-21,25-29,31,33-34,36,38-39,41,45,47-48,50,60H,4-6,13-15,22-24,30,32,35,37,40,42-44,46,49,51-59H2,1-3H3/b10-7-,11-8-,12-9-,19-16-,20-17-,21-18-,28-25-,29-26-,33-31-,34-27-,39-36-,41-38-,48-45-,50-47-. The molecule has 0 aliphatic carbocycles. The molecule has 0 bridgehead atoms. The molecule has 69 heavy (non-hydrogen) atoms. The molecule has 6 nitrogen and oxygen atoms in total. The van der Waals surface area contributed by atoms with E-state index in [-0.39, 0.29) is 38.0 Å². The molecule has 382 valence electrons. The van der Waals surface area contributed by atoms with Crippen molar-refractivity contribution in [3.05, 3.63) is 170 Å². The molecule has 0 aromatic heterocycles. The summed E-state index contributed by atoms with van der Waals surface area (Å²) in [6, 6.07) is 0. The molecule has 0 aromatic carbocycles. The summed E-state index contributed by atoms with van der Waals surface area (Å²) >= 11 is 0. The van der Waals surface area contributed by atoms with Gasteiger partial charge < -0.3 is 14.2 Å². The number of rotatable bonds is 45. The molecule has 0 heterocycles. The van der Waals surface area contributed by atoms with Gasteiger partial charge in [0.1, 0.15) is 13.2 Å². The molecule has 0 N–H and O–H groups in total. The van der Waals surface area contributed by atoms with Gasteiger partial charge in [0, 0.05) is 19.3 Å². The summed E-state index contributed by atoms with van der Waals surface area (Å²) in [5, 5.41) is 0. The van der Waals surface area contributed by atoms with Crippen LogP contribution in [0.5, 0.6) is 0 Å². The topological polar surface area (TPSA) is 78.9 Å². The molecule has 0 aliphatic heterocycles. The zero-order valence-electron chi connectivity index (χ0n) is 43.5. The Labute approximate surface area is 422 Å². The molecule has 0 rings (SSSR count). The molecule has 6 heteroatoms. The summed E-state index contributed by atoms with van der Waals surface area (Å²) in [6.07, 6.45) is 82.1. The fourth-order valence-electron chi connectivity index (χ4n) is 6.34. The van der Waals surface area contributed by atoms with Crippen molar-refractivity contribution in [1.29, 1.82) is 0 Å². The number of ether oxygens (including phenoxy) is 3. The summed E-state index contributed by atoms with van der Waals surface area (Å²) in [5.74, 6) is -1.12. The lowest BCUT2D eigenvalue weighted by Gasteiger charge is -2.18. The number of unbranched alkanes of at least 4 members (excludes halogenated alkanes) is 6. The van der Waals surface area contributed by atoms with Gasteiger partial charge in [0.2, 0.25) is 0 Å². The van der Waals surface area contributed by atoms with Crippen LogP contribution in [-0.4, -0.2) is 37.2 Å². The minimum Gasteiger partial charge on any atom is -0.462 e. The average Bonchev–Trinajstić information content (AvgIpc) is 3.35. The van der Waals surface area contributed by atoms with E-state index < -0.39 is 12.1 Å². The molecular formula is C63H94O6. The quantitative estimate of drug-likeness (QED) is 0.0262. The van der Waals surface area contributed by atoms with Crippen LogP contribution >= 0.6 is 0 Å². The van der Waals surface area contributed by atoms with Crippen LogP contribution in [0.25, 0.3) is 0 Å². The lowest BCUT2D eigenvalue weighted by molar-refractivity contribution is -0.166. The van der Waals surface area contributed by atoms with Crippen molar-refractivity contribution in [2.24, 2.45) is 0 Å². The molecule has 0 radical (unpaired) electrons. The first kappa shape index (κ1) is 63.8. The van der Waals surface area contributed by atoms with E-state index in [0.717, 1.165) is 135 Å². The smallest absolute Gasteiger partial charge is 0.306 e. The molecule has 0 saturated heterocycles. The minimum atomic E-state index is -0.855. The maximum atomic E-state index is 12.8. The second-order valence-corrected chi connectivity index (χ2v) is 16.6. The van der Waals surface area contributed by atoms with Crippen LogP contribution in [0.3, 0.4) is 0 Å². The van der Waals surface area contributed by atoms with E-state index in [1.54, 1.807) is 0 Å². The molecule has 1 atom stereocenters. The van der Waals surface area contributed by atoms with Crippen molar-refractivity contribution in [3.8, 4) is 0 Å². The first-order valence-corrected chi connectivity index (χ1v) is 26.6. The fourth-order valence-corrected chi connectivity index (χ4v) is 6.34. The number of carbonyl (C=O) groups excluding carboxylic acids is 3. The van der Waals surface area contributed by atoms with Gasteiger partial charge in [-0.15, -0.1) is 0 Å². The predicted molar refractivity (Wildman–Crippen MR) is 297 cm³/mol. The molecule has 0 aliphatic rings. The Hall–Kier alpha value is -5.23. The lowest BCUT2D eigenvalue weighted by Crippen LogP contribution is -2.30. The van der Waals surface area contributed by atoms with E-state index in [1.807, 2.05) is 12.2 Å². The van der Waals surface area contributed by atoms with Crippen LogP contribution in [0.1, 0.15) is 188 Å². The Balaban J connectivity index is 4.66. The van der Waals surface area contributed by atoms with Crippen LogP contribution < -0.4 is 0 Å². The number of hydrogen-bond donors (Lipinski definition) is 0. The van der Waals surface area contributed by atoms with Gasteiger partial charge in [0.05, 0.1) is 0 Å². The maximum Gasteiger partial charge on any atom is 0.306 e. The van der Waals surface area contributed by atoms with Gasteiger partial charge in [-0.2, -0.15) is 0 Å². The summed E-state index contributed by atoms with van der Waals surface area (Å²) < 4.78 is 16.7. The van der Waals surface area contributed by atoms with E-state index in [4.69, 9.17) is 14.2 Å². The highest BCUT2D eigenvalue weighted by molar-refractivity contribution is 5.71. The van der Waals surface area contributed by atoms with Gasteiger partial charge in [-0.05, 0) is 128 Å². The Kier molecular flexibility index (Phi) is 51.2. The number of esters is 3. The summed E-state index contributed by atoms with van der Waals surface area (Å²) in [5.41, 5.74) is 0. The average molecular weight is 947 g/mol. The molecule has 0 aromatic rings. The summed E-state index contributed by atoms with van der Waals surface area (Å²) in [7, 11) is 0. The van der Waals surface area contributed by atoms with Crippen LogP contribution in [0, 0.1) is 0 Å². The van der Waals surface area contributed by atoms with Gasteiger partial charge in [0.15, 0.2) is 6.10 Å². The van der Waals surface area contributed by atoms with Crippen molar-refractivity contribution in [2.45, 2.75) is 194 Å². The van der Waals surface area contributed by atoms with Crippen molar-refractivity contribution in [2.75, 3.05) is 13.2 Å². The monoisotopic (exact) mass is 947 g/mol. The normalized spacial score (nSPS) is 13.5. The Morgan fingerprint density at radius 1 is 0.290 bits per heavy atom. The molecule has 1 unspecified atom stereocenters. The lowest BCUT2D eigenvalue weighted by atomic mass is 10.1. The van der Waals surface area contributed by atoms with Gasteiger partial charge in [-0.1, -0.05) is 210 Å². The van der Waals surface area contributed by atoms with Gasteiger partial charge in [0.25, 0.3) is 0 Å². The number of allylic oxidation sites excluding steroid dienone is 28. The summed E-state index contributed by atoms with van der Waals surface area (Å²) in [4.78, 5) is 38.0. The molecular weight excluding hydrogens is 853 g/mol. The third kappa shape index (κ3) is 53.6. The first-order valence-electron chi connectivity index (χ1n) is 26.6. The maximum absolute atomic E-state index is 12.8. The minimum absolute atomic E-state index is 0.142. The highest BCUT2D eigenvalue weighted by Crippen LogP contribution is 2.11. The second-order valence-electron chi connectivity index (χ2n) is 16.6. The number of carbonyl (C=O) groups is 3. The van der Waals surface area contributed by atoms with Gasteiger partial charge >= 0.3 is 17.9 Å². The Morgan fingerprint density at radius 2 is 0.565 bits per heavy atom. The van der Waals surface area contributed by atoms with Crippen LogP contribution in [0.4, 0.5) is 0 Å². The van der Waals surface area contributed by atoms with Gasteiger partial charge in [-0.25, -0.2) is 0 Å². The largest absolute Gasteiger partial charge is 0.462 e. The first-order chi connectivity index (χ1) is 34.0. The molecule has 0 amide bonds. The van der Waals surface area contributed by atoms with Crippen LogP contribution in [-0.2, 0) is 28.6 Å².